The molecule has 1 aliphatic rings. The number of benzene rings is 1. The molecule has 0 spiro atoms. The molecule has 1 unspecified atom stereocenters. The molecule has 1 atom stereocenters. The SMILES string of the molecule is CCNC(=NCc1cccc(C#N)c1)N1CCC(COC)C1.I. The van der Waals surface area contributed by atoms with Gasteiger partial charge < -0.3 is 15.0 Å². The average molecular weight is 428 g/mol. The number of guanidine groups is 1. The van der Waals surface area contributed by atoms with Gasteiger partial charge in [-0.25, -0.2) is 4.99 Å². The Bertz CT molecular complexity index is 556. The van der Waals surface area contributed by atoms with E-state index in [0.717, 1.165) is 44.2 Å². The average Bonchev–Trinajstić information content (AvgIpc) is 3.00. The Hall–Kier alpha value is -1.33. The Morgan fingerprint density at radius 1 is 1.52 bits per heavy atom. The molecular weight excluding hydrogens is 403 g/mol. The molecular formula is C17H25IN4O. The topological polar surface area (TPSA) is 60.7 Å². The number of hydrogen-bond acceptors (Lipinski definition) is 3. The number of halogens is 1. The summed E-state index contributed by atoms with van der Waals surface area (Å²) in [4.78, 5) is 7.01. The van der Waals surface area contributed by atoms with Gasteiger partial charge in [0.1, 0.15) is 0 Å². The molecule has 0 bridgehead atoms. The second-order valence-corrected chi connectivity index (χ2v) is 5.54. The summed E-state index contributed by atoms with van der Waals surface area (Å²) in [7, 11) is 1.75. The Morgan fingerprint density at radius 3 is 3.04 bits per heavy atom. The lowest BCUT2D eigenvalue weighted by molar-refractivity contribution is 0.157. The van der Waals surface area contributed by atoms with E-state index in [2.05, 4.69) is 23.2 Å². The highest BCUT2D eigenvalue weighted by Gasteiger charge is 2.24. The van der Waals surface area contributed by atoms with Gasteiger partial charge in [-0.1, -0.05) is 12.1 Å². The smallest absolute Gasteiger partial charge is 0.194 e. The minimum absolute atomic E-state index is 0. The van der Waals surface area contributed by atoms with E-state index in [4.69, 9.17) is 15.0 Å². The van der Waals surface area contributed by atoms with E-state index < -0.39 is 0 Å². The fourth-order valence-electron chi connectivity index (χ4n) is 2.73. The van der Waals surface area contributed by atoms with Gasteiger partial charge in [0, 0.05) is 32.7 Å². The summed E-state index contributed by atoms with van der Waals surface area (Å²) in [5, 5.41) is 12.3. The molecule has 0 amide bonds. The van der Waals surface area contributed by atoms with Crippen LogP contribution in [0.25, 0.3) is 0 Å². The number of ether oxygens (including phenoxy) is 1. The molecule has 1 aromatic rings. The van der Waals surface area contributed by atoms with Crippen LogP contribution in [0, 0.1) is 17.2 Å². The van der Waals surface area contributed by atoms with E-state index in [1.807, 2.05) is 24.3 Å². The van der Waals surface area contributed by atoms with Crippen LogP contribution in [0.1, 0.15) is 24.5 Å². The predicted molar refractivity (Wildman–Crippen MR) is 103 cm³/mol. The maximum Gasteiger partial charge on any atom is 0.194 e. The van der Waals surface area contributed by atoms with Crippen LogP contribution in [0.4, 0.5) is 0 Å². The number of likely N-dealkylation sites (tertiary alicyclic amines) is 1. The van der Waals surface area contributed by atoms with Crippen molar-refractivity contribution >= 4 is 29.9 Å². The van der Waals surface area contributed by atoms with E-state index in [9.17, 15) is 0 Å². The van der Waals surface area contributed by atoms with E-state index >= 15 is 0 Å². The van der Waals surface area contributed by atoms with Crippen molar-refractivity contribution in [3.05, 3.63) is 35.4 Å². The number of methoxy groups -OCH3 is 1. The highest BCUT2D eigenvalue weighted by molar-refractivity contribution is 14.0. The van der Waals surface area contributed by atoms with E-state index in [0.29, 0.717) is 18.0 Å². The van der Waals surface area contributed by atoms with Gasteiger partial charge in [-0.05, 0) is 31.0 Å². The molecule has 6 heteroatoms. The third kappa shape index (κ3) is 5.99. The van der Waals surface area contributed by atoms with Gasteiger partial charge in [-0.2, -0.15) is 5.26 Å². The third-order valence-corrected chi connectivity index (χ3v) is 3.79. The summed E-state index contributed by atoms with van der Waals surface area (Å²) in [6.45, 7) is 6.32. The molecule has 0 radical (unpaired) electrons. The summed E-state index contributed by atoms with van der Waals surface area (Å²) in [6, 6.07) is 9.78. The van der Waals surface area contributed by atoms with Crippen molar-refractivity contribution in [1.29, 1.82) is 5.26 Å². The van der Waals surface area contributed by atoms with E-state index in [-0.39, 0.29) is 24.0 Å². The monoisotopic (exact) mass is 428 g/mol. The molecule has 0 saturated carbocycles. The molecule has 2 rings (SSSR count). The molecule has 0 aliphatic carbocycles. The van der Waals surface area contributed by atoms with Crippen LogP contribution in [0.15, 0.2) is 29.3 Å². The van der Waals surface area contributed by atoms with Crippen LogP contribution in [0.5, 0.6) is 0 Å². The Balaban J connectivity index is 0.00000264. The molecule has 1 aliphatic heterocycles. The van der Waals surface area contributed by atoms with Crippen molar-refractivity contribution in [2.75, 3.05) is 33.4 Å². The molecule has 1 N–H and O–H groups in total. The van der Waals surface area contributed by atoms with Crippen LogP contribution >= 0.6 is 24.0 Å². The van der Waals surface area contributed by atoms with Gasteiger partial charge in [-0.15, -0.1) is 24.0 Å². The molecule has 1 aromatic carbocycles. The van der Waals surface area contributed by atoms with E-state index in [1.54, 1.807) is 7.11 Å². The summed E-state index contributed by atoms with van der Waals surface area (Å²) in [5.74, 6) is 1.53. The lowest BCUT2D eigenvalue weighted by Gasteiger charge is -2.21. The first-order valence-corrected chi connectivity index (χ1v) is 7.78. The van der Waals surface area contributed by atoms with Crippen molar-refractivity contribution < 1.29 is 4.74 Å². The first-order chi connectivity index (χ1) is 10.8. The number of nitrogens with one attached hydrogen (secondary N) is 1. The maximum absolute atomic E-state index is 8.96. The molecule has 23 heavy (non-hydrogen) atoms. The number of rotatable bonds is 5. The lowest BCUT2D eigenvalue weighted by atomic mass is 10.1. The zero-order valence-corrected chi connectivity index (χ0v) is 16.1. The predicted octanol–water partition coefficient (Wildman–Crippen LogP) is 2.61. The Labute approximate surface area is 155 Å². The molecule has 1 saturated heterocycles. The largest absolute Gasteiger partial charge is 0.384 e. The Morgan fingerprint density at radius 2 is 2.35 bits per heavy atom. The quantitative estimate of drug-likeness (QED) is 0.445. The summed E-state index contributed by atoms with van der Waals surface area (Å²) < 4.78 is 5.25. The number of hydrogen-bond donors (Lipinski definition) is 1. The second-order valence-electron chi connectivity index (χ2n) is 5.54. The summed E-state index contributed by atoms with van der Waals surface area (Å²) in [6.07, 6.45) is 1.14. The van der Waals surface area contributed by atoms with Crippen LogP contribution in [-0.2, 0) is 11.3 Å². The van der Waals surface area contributed by atoms with Crippen LogP contribution in [-0.4, -0.2) is 44.2 Å². The molecule has 5 nitrogen and oxygen atoms in total. The normalized spacial score (nSPS) is 17.5. The van der Waals surface area contributed by atoms with Gasteiger partial charge in [0.25, 0.3) is 0 Å². The van der Waals surface area contributed by atoms with Crippen molar-refractivity contribution in [2.24, 2.45) is 10.9 Å². The molecule has 1 fully saturated rings. The zero-order valence-electron chi connectivity index (χ0n) is 13.8. The molecule has 0 aromatic heterocycles. The van der Waals surface area contributed by atoms with Crippen molar-refractivity contribution in [3.8, 4) is 6.07 Å². The van der Waals surface area contributed by atoms with E-state index in [1.165, 1.54) is 0 Å². The first-order valence-electron chi connectivity index (χ1n) is 7.78. The first kappa shape index (κ1) is 19.7. The van der Waals surface area contributed by atoms with Gasteiger partial charge in [0.2, 0.25) is 0 Å². The highest BCUT2D eigenvalue weighted by atomic mass is 127. The minimum atomic E-state index is 0. The van der Waals surface area contributed by atoms with Crippen molar-refractivity contribution in [1.82, 2.24) is 10.2 Å². The van der Waals surface area contributed by atoms with Gasteiger partial charge in [-0.3, -0.25) is 0 Å². The minimum Gasteiger partial charge on any atom is -0.384 e. The lowest BCUT2D eigenvalue weighted by Crippen LogP contribution is -2.40. The number of aliphatic imine (C=N–C) groups is 1. The van der Waals surface area contributed by atoms with Gasteiger partial charge >= 0.3 is 0 Å². The number of nitrogens with zero attached hydrogens (tertiary/aromatic N) is 3. The van der Waals surface area contributed by atoms with Crippen molar-refractivity contribution in [2.45, 2.75) is 19.9 Å². The fraction of sp³-hybridized carbons (Fsp3) is 0.529. The highest BCUT2D eigenvalue weighted by Crippen LogP contribution is 2.16. The van der Waals surface area contributed by atoms with Crippen LogP contribution in [0.3, 0.4) is 0 Å². The third-order valence-electron chi connectivity index (χ3n) is 3.79. The maximum atomic E-state index is 8.96. The fourth-order valence-corrected chi connectivity index (χ4v) is 2.73. The van der Waals surface area contributed by atoms with Crippen LogP contribution < -0.4 is 5.32 Å². The van der Waals surface area contributed by atoms with Crippen LogP contribution in [0.2, 0.25) is 0 Å². The standard InChI is InChI=1S/C17H24N4O.HI/c1-3-19-17(21-8-7-16(12-21)13-22-2)20-11-15-6-4-5-14(9-15)10-18;/h4-6,9,16H,3,7-8,11-13H2,1-2H3,(H,19,20);1H. The summed E-state index contributed by atoms with van der Waals surface area (Å²) in [5.41, 5.74) is 1.74. The van der Waals surface area contributed by atoms with Gasteiger partial charge in [0.15, 0.2) is 5.96 Å². The number of nitriles is 1. The van der Waals surface area contributed by atoms with Gasteiger partial charge in [0.05, 0.1) is 24.8 Å². The zero-order chi connectivity index (χ0) is 15.8. The second kappa shape index (κ2) is 10.4. The molecule has 126 valence electrons. The van der Waals surface area contributed by atoms with Crippen molar-refractivity contribution in [3.63, 3.8) is 0 Å². The Kier molecular flexibility index (Phi) is 8.95. The molecule has 1 heterocycles. The summed E-state index contributed by atoms with van der Waals surface area (Å²) >= 11 is 0.